The van der Waals surface area contributed by atoms with Gasteiger partial charge in [0.2, 0.25) is 5.95 Å². The van der Waals surface area contributed by atoms with Crippen molar-refractivity contribution in [3.8, 4) is 5.69 Å². The summed E-state index contributed by atoms with van der Waals surface area (Å²) in [4.78, 5) is 12.1. The maximum atomic E-state index is 12.1. The van der Waals surface area contributed by atoms with Crippen LogP contribution < -0.4 is 11.0 Å². The highest BCUT2D eigenvalue weighted by Gasteiger charge is 2.12. The Morgan fingerprint density at radius 2 is 2.17 bits per heavy atom. The Morgan fingerprint density at radius 3 is 2.83 bits per heavy atom. The number of benzene rings is 1. The van der Waals surface area contributed by atoms with Crippen LogP contribution in [0.1, 0.15) is 18.9 Å². The van der Waals surface area contributed by atoms with E-state index in [1.807, 2.05) is 31.2 Å². The van der Waals surface area contributed by atoms with Gasteiger partial charge in [0.05, 0.1) is 5.69 Å². The van der Waals surface area contributed by atoms with Gasteiger partial charge in [-0.3, -0.25) is 0 Å². The highest BCUT2D eigenvalue weighted by atomic mass is 16.2. The zero-order valence-electron chi connectivity index (χ0n) is 11.0. The normalized spacial score (nSPS) is 10.6. The predicted molar refractivity (Wildman–Crippen MR) is 72.3 cm³/mol. The van der Waals surface area contributed by atoms with Gasteiger partial charge in [-0.25, -0.2) is 14.0 Å². The molecule has 0 aliphatic carbocycles. The summed E-state index contributed by atoms with van der Waals surface area (Å²) in [7, 11) is 1.66. The maximum Gasteiger partial charge on any atom is 0.351 e. The Morgan fingerprint density at radius 1 is 1.39 bits per heavy atom. The van der Waals surface area contributed by atoms with E-state index in [4.69, 9.17) is 0 Å². The molecule has 0 aliphatic heterocycles. The van der Waals surface area contributed by atoms with Gasteiger partial charge in [-0.15, -0.1) is 5.10 Å². The third kappa shape index (κ3) is 2.30. The first kappa shape index (κ1) is 12.4. The van der Waals surface area contributed by atoms with Crippen LogP contribution in [0.4, 0.5) is 5.95 Å². The van der Waals surface area contributed by atoms with Gasteiger partial charge in [0.15, 0.2) is 0 Å². The predicted octanol–water partition coefficient (Wildman–Crippen LogP) is 1.70. The number of rotatable bonds is 4. The van der Waals surface area contributed by atoms with Crippen LogP contribution in [0.25, 0.3) is 5.69 Å². The molecule has 0 radical (unpaired) electrons. The molecule has 5 heteroatoms. The van der Waals surface area contributed by atoms with Crippen LogP contribution >= 0.6 is 0 Å². The zero-order chi connectivity index (χ0) is 13.1. The molecule has 1 heterocycles. The smallest absolute Gasteiger partial charge is 0.351 e. The summed E-state index contributed by atoms with van der Waals surface area (Å²) in [5.74, 6) is 0.593. The SMILES string of the molecule is CCCNc1nn(C)c(=O)n1-c1cccc(C)c1. The lowest BCUT2D eigenvalue weighted by atomic mass is 10.2. The summed E-state index contributed by atoms with van der Waals surface area (Å²) in [5.41, 5.74) is 1.82. The van der Waals surface area contributed by atoms with Gasteiger partial charge in [-0.2, -0.15) is 0 Å². The molecule has 0 amide bonds. The van der Waals surface area contributed by atoms with E-state index in [2.05, 4.69) is 17.3 Å². The van der Waals surface area contributed by atoms with E-state index in [0.29, 0.717) is 5.95 Å². The molecule has 1 aromatic heterocycles. The van der Waals surface area contributed by atoms with E-state index in [1.165, 1.54) is 4.68 Å². The maximum absolute atomic E-state index is 12.1. The van der Waals surface area contributed by atoms with Crippen molar-refractivity contribution in [3.05, 3.63) is 40.3 Å². The first-order valence-corrected chi connectivity index (χ1v) is 6.10. The zero-order valence-corrected chi connectivity index (χ0v) is 11.0. The Balaban J connectivity index is 2.51. The average molecular weight is 246 g/mol. The van der Waals surface area contributed by atoms with Crippen LogP contribution in [0.2, 0.25) is 0 Å². The second-order valence-corrected chi connectivity index (χ2v) is 4.33. The standard InChI is InChI=1S/C13H18N4O/c1-4-8-14-12-15-16(3)13(18)17(12)11-7-5-6-10(2)9-11/h5-7,9H,4,8H2,1-3H3,(H,14,15). The molecule has 96 valence electrons. The fourth-order valence-corrected chi connectivity index (χ4v) is 1.82. The van der Waals surface area contributed by atoms with E-state index in [9.17, 15) is 4.79 Å². The number of nitrogens with zero attached hydrogens (tertiary/aromatic N) is 3. The van der Waals surface area contributed by atoms with Gasteiger partial charge in [-0.1, -0.05) is 19.1 Å². The van der Waals surface area contributed by atoms with Crippen LogP contribution in [-0.2, 0) is 7.05 Å². The van der Waals surface area contributed by atoms with Crippen molar-refractivity contribution >= 4 is 5.95 Å². The lowest BCUT2D eigenvalue weighted by molar-refractivity contribution is 0.726. The van der Waals surface area contributed by atoms with Crippen LogP contribution in [0.15, 0.2) is 29.1 Å². The summed E-state index contributed by atoms with van der Waals surface area (Å²) in [6, 6.07) is 7.82. The van der Waals surface area contributed by atoms with Crippen molar-refractivity contribution in [1.82, 2.24) is 14.3 Å². The number of aromatic nitrogens is 3. The minimum absolute atomic E-state index is 0.140. The molecule has 1 N–H and O–H groups in total. The van der Waals surface area contributed by atoms with Crippen molar-refractivity contribution in [2.24, 2.45) is 7.05 Å². The van der Waals surface area contributed by atoms with Gasteiger partial charge >= 0.3 is 5.69 Å². The van der Waals surface area contributed by atoms with E-state index in [-0.39, 0.29) is 5.69 Å². The van der Waals surface area contributed by atoms with Crippen molar-refractivity contribution in [3.63, 3.8) is 0 Å². The number of nitrogens with one attached hydrogen (secondary N) is 1. The summed E-state index contributed by atoms with van der Waals surface area (Å²) in [5, 5.41) is 7.38. The van der Waals surface area contributed by atoms with Crippen molar-refractivity contribution < 1.29 is 0 Å². The highest BCUT2D eigenvalue weighted by molar-refractivity contribution is 5.42. The molecule has 18 heavy (non-hydrogen) atoms. The summed E-state index contributed by atoms with van der Waals surface area (Å²) in [6.07, 6.45) is 0.985. The molecule has 0 saturated heterocycles. The molecule has 5 nitrogen and oxygen atoms in total. The third-order valence-corrected chi connectivity index (χ3v) is 2.72. The fraction of sp³-hybridized carbons (Fsp3) is 0.385. The van der Waals surface area contributed by atoms with Gasteiger partial charge < -0.3 is 5.32 Å². The first-order chi connectivity index (χ1) is 8.63. The largest absolute Gasteiger partial charge is 0.354 e. The number of anilines is 1. The van der Waals surface area contributed by atoms with Gasteiger partial charge in [0.1, 0.15) is 0 Å². The molecule has 2 aromatic rings. The van der Waals surface area contributed by atoms with E-state index >= 15 is 0 Å². The minimum Gasteiger partial charge on any atom is -0.354 e. The topological polar surface area (TPSA) is 51.9 Å². The molecule has 0 fully saturated rings. The molecule has 0 saturated carbocycles. The molecular weight excluding hydrogens is 228 g/mol. The van der Waals surface area contributed by atoms with Crippen LogP contribution in [-0.4, -0.2) is 20.9 Å². The number of hydrogen-bond donors (Lipinski definition) is 1. The molecule has 2 rings (SSSR count). The molecule has 0 aliphatic rings. The van der Waals surface area contributed by atoms with Gasteiger partial charge in [0.25, 0.3) is 0 Å². The van der Waals surface area contributed by atoms with Crippen molar-refractivity contribution in [2.75, 3.05) is 11.9 Å². The molecule has 0 spiro atoms. The molecular formula is C13H18N4O. The van der Waals surface area contributed by atoms with Crippen molar-refractivity contribution in [1.29, 1.82) is 0 Å². The van der Waals surface area contributed by atoms with E-state index < -0.39 is 0 Å². The molecule has 0 bridgehead atoms. The lowest BCUT2D eigenvalue weighted by Gasteiger charge is -2.07. The monoisotopic (exact) mass is 246 g/mol. The quantitative estimate of drug-likeness (QED) is 0.893. The van der Waals surface area contributed by atoms with Crippen molar-refractivity contribution in [2.45, 2.75) is 20.3 Å². The van der Waals surface area contributed by atoms with E-state index in [0.717, 1.165) is 24.2 Å². The Bertz CT molecular complexity index is 597. The van der Waals surface area contributed by atoms with Gasteiger partial charge in [-0.05, 0) is 31.0 Å². The number of hydrogen-bond acceptors (Lipinski definition) is 3. The number of aryl methyl sites for hydroxylation is 2. The molecule has 0 atom stereocenters. The summed E-state index contributed by atoms with van der Waals surface area (Å²) in [6.45, 7) is 4.87. The lowest BCUT2D eigenvalue weighted by Crippen LogP contribution is -2.22. The second kappa shape index (κ2) is 5.08. The Labute approximate surface area is 106 Å². The van der Waals surface area contributed by atoms with Crippen LogP contribution in [0.3, 0.4) is 0 Å². The Kier molecular flexibility index (Phi) is 3.50. The summed E-state index contributed by atoms with van der Waals surface area (Å²) < 4.78 is 2.95. The third-order valence-electron chi connectivity index (χ3n) is 2.72. The fourth-order valence-electron chi connectivity index (χ4n) is 1.82. The van der Waals surface area contributed by atoms with E-state index in [1.54, 1.807) is 11.6 Å². The second-order valence-electron chi connectivity index (χ2n) is 4.33. The average Bonchev–Trinajstić information content (AvgIpc) is 2.62. The molecule has 0 unspecified atom stereocenters. The first-order valence-electron chi connectivity index (χ1n) is 6.10. The Hall–Kier alpha value is -2.04. The van der Waals surface area contributed by atoms with Gasteiger partial charge in [0, 0.05) is 13.6 Å². The summed E-state index contributed by atoms with van der Waals surface area (Å²) >= 11 is 0. The minimum atomic E-state index is -0.140. The van der Waals surface area contributed by atoms with Crippen LogP contribution in [0.5, 0.6) is 0 Å². The highest BCUT2D eigenvalue weighted by Crippen LogP contribution is 2.12. The molecule has 1 aromatic carbocycles. The van der Waals surface area contributed by atoms with Crippen LogP contribution in [0, 0.1) is 6.92 Å².